The summed E-state index contributed by atoms with van der Waals surface area (Å²) in [6, 6.07) is 10.8. The van der Waals surface area contributed by atoms with Crippen LogP contribution < -0.4 is 10.4 Å². The molecular formula is C26H39N2O8P. The summed E-state index contributed by atoms with van der Waals surface area (Å²) in [6.45, 7) is 10.8. The summed E-state index contributed by atoms with van der Waals surface area (Å²) in [4.78, 5) is 11.6. The first-order chi connectivity index (χ1) is 17.8. The Balaban J connectivity index is 2.11. The Morgan fingerprint density at radius 2 is 1.68 bits per heavy atom. The zero-order valence-electron chi connectivity index (χ0n) is 22.4. The van der Waals surface area contributed by atoms with Crippen LogP contribution >= 0.6 is 8.53 Å². The second kappa shape index (κ2) is 17.4. The van der Waals surface area contributed by atoms with Crippen LogP contribution in [0.3, 0.4) is 0 Å². The zero-order chi connectivity index (χ0) is 27.0. The maximum atomic E-state index is 11.6. The van der Waals surface area contributed by atoms with Gasteiger partial charge in [-0.1, -0.05) is 0 Å². The van der Waals surface area contributed by atoms with Crippen molar-refractivity contribution in [1.29, 1.82) is 5.26 Å². The van der Waals surface area contributed by atoms with Crippen molar-refractivity contribution in [1.82, 2.24) is 4.67 Å². The fourth-order valence-corrected chi connectivity index (χ4v) is 5.11. The van der Waals surface area contributed by atoms with Crippen LogP contribution in [0.4, 0.5) is 0 Å². The third-order valence-corrected chi connectivity index (χ3v) is 7.22. The highest BCUT2D eigenvalue weighted by molar-refractivity contribution is 7.44. The van der Waals surface area contributed by atoms with Gasteiger partial charge >= 0.3 is 5.63 Å². The highest BCUT2D eigenvalue weighted by Crippen LogP contribution is 2.47. The number of hydrogen-bond donors (Lipinski definition) is 0. The van der Waals surface area contributed by atoms with E-state index in [2.05, 4.69) is 38.4 Å². The van der Waals surface area contributed by atoms with Crippen LogP contribution in [0.5, 0.6) is 5.75 Å². The van der Waals surface area contributed by atoms with Gasteiger partial charge in [0.05, 0.1) is 52.1 Å². The van der Waals surface area contributed by atoms with E-state index in [1.807, 2.05) is 12.1 Å². The Hall–Kier alpha value is -2.09. The molecule has 10 nitrogen and oxygen atoms in total. The lowest BCUT2D eigenvalue weighted by atomic mass is 10.2. The van der Waals surface area contributed by atoms with Crippen LogP contribution in [0.25, 0.3) is 11.0 Å². The largest absolute Gasteiger partial charge is 0.491 e. The highest BCUT2D eigenvalue weighted by atomic mass is 31.2. The van der Waals surface area contributed by atoms with Gasteiger partial charge in [0, 0.05) is 36.7 Å². The van der Waals surface area contributed by atoms with Gasteiger partial charge in [0.1, 0.15) is 24.0 Å². The second-order valence-corrected chi connectivity index (χ2v) is 10.1. The Labute approximate surface area is 220 Å². The average molecular weight is 539 g/mol. The van der Waals surface area contributed by atoms with Crippen LogP contribution in [0, 0.1) is 11.3 Å². The van der Waals surface area contributed by atoms with E-state index in [4.69, 9.17) is 37.7 Å². The van der Waals surface area contributed by atoms with Crippen LogP contribution in [0.1, 0.15) is 34.1 Å². The molecule has 0 spiro atoms. The van der Waals surface area contributed by atoms with Crippen LogP contribution in [-0.4, -0.2) is 76.2 Å². The molecule has 1 aromatic carbocycles. The maximum absolute atomic E-state index is 11.6. The lowest BCUT2D eigenvalue weighted by Gasteiger charge is -2.37. The molecule has 0 aliphatic rings. The summed E-state index contributed by atoms with van der Waals surface area (Å²) >= 11 is 0. The number of rotatable bonds is 19. The van der Waals surface area contributed by atoms with E-state index in [9.17, 15) is 4.79 Å². The molecular weight excluding hydrogens is 499 g/mol. The van der Waals surface area contributed by atoms with Crippen molar-refractivity contribution in [2.75, 3.05) is 53.4 Å². The molecule has 0 saturated heterocycles. The van der Waals surface area contributed by atoms with Crippen molar-refractivity contribution in [2.45, 2.75) is 52.3 Å². The van der Waals surface area contributed by atoms with Gasteiger partial charge in [-0.25, -0.2) is 9.46 Å². The Morgan fingerprint density at radius 3 is 2.38 bits per heavy atom. The number of fused-ring (bicyclic) bond motifs is 1. The number of hydrogen-bond acceptors (Lipinski definition) is 10. The predicted molar refractivity (Wildman–Crippen MR) is 142 cm³/mol. The minimum absolute atomic E-state index is 0.160. The van der Waals surface area contributed by atoms with Gasteiger partial charge in [-0.3, -0.25) is 0 Å². The van der Waals surface area contributed by atoms with Gasteiger partial charge in [0.25, 0.3) is 8.53 Å². The Kier molecular flexibility index (Phi) is 14.7. The van der Waals surface area contributed by atoms with E-state index in [1.165, 1.54) is 6.07 Å². The van der Waals surface area contributed by atoms with E-state index >= 15 is 0 Å². The molecule has 1 heterocycles. The van der Waals surface area contributed by atoms with Crippen LogP contribution in [0.15, 0.2) is 39.5 Å². The van der Waals surface area contributed by atoms with Gasteiger partial charge in [-0.2, -0.15) is 5.26 Å². The van der Waals surface area contributed by atoms with Crippen LogP contribution in [0.2, 0.25) is 0 Å². The average Bonchev–Trinajstić information content (AvgIpc) is 2.85. The summed E-state index contributed by atoms with van der Waals surface area (Å²) in [5, 5.41) is 9.78. The third-order valence-electron chi connectivity index (χ3n) is 5.04. The lowest BCUT2D eigenvalue weighted by Crippen LogP contribution is -2.36. The minimum Gasteiger partial charge on any atom is -0.491 e. The maximum Gasteiger partial charge on any atom is 0.336 e. The molecule has 0 fully saturated rings. The normalized spacial score (nSPS) is 13.4. The first-order valence-corrected chi connectivity index (χ1v) is 13.5. The number of nitrogens with zero attached hydrogens (tertiary/aromatic N) is 2. The summed E-state index contributed by atoms with van der Waals surface area (Å²) in [6.07, 6.45) is -0.198. The quantitative estimate of drug-likeness (QED) is 0.144. The molecule has 2 atom stereocenters. The van der Waals surface area contributed by atoms with Gasteiger partial charge < -0.3 is 32.4 Å². The number of benzene rings is 1. The standard InChI is InChI=1S/C26H39N2O8P/c1-20(2)28(21(3)4)37(34-12-6-11-27)36-24(18-32-16-15-31-14-13-30-5)19-33-23-9-7-22-8-10-26(29)35-25(22)17-23/h7-10,17,20-21,24H,6,12-16,18-19H2,1-5H3. The molecule has 11 heteroatoms. The number of methoxy groups -OCH3 is 1. The Morgan fingerprint density at radius 1 is 0.973 bits per heavy atom. The van der Waals surface area contributed by atoms with Gasteiger partial charge in [0.2, 0.25) is 0 Å². The first-order valence-electron chi connectivity index (χ1n) is 12.4. The summed E-state index contributed by atoms with van der Waals surface area (Å²) in [5.74, 6) is 0.539. The highest BCUT2D eigenvalue weighted by Gasteiger charge is 2.30. The first kappa shape index (κ1) is 31.1. The van der Waals surface area contributed by atoms with Gasteiger partial charge in [-0.05, 0) is 45.9 Å². The van der Waals surface area contributed by atoms with E-state index in [0.29, 0.717) is 37.8 Å². The molecule has 0 bridgehead atoms. The molecule has 0 radical (unpaired) electrons. The summed E-state index contributed by atoms with van der Waals surface area (Å²) < 4.78 is 42.2. The molecule has 206 valence electrons. The van der Waals surface area contributed by atoms with Gasteiger partial charge in [-0.15, -0.1) is 0 Å². The molecule has 2 unspecified atom stereocenters. The summed E-state index contributed by atoms with van der Waals surface area (Å²) in [7, 11) is 0.140. The van der Waals surface area contributed by atoms with Gasteiger partial charge in [0.15, 0.2) is 0 Å². The second-order valence-electron chi connectivity index (χ2n) is 8.72. The molecule has 0 aliphatic heterocycles. The van der Waals surface area contributed by atoms with Crippen molar-refractivity contribution in [3.63, 3.8) is 0 Å². The van der Waals surface area contributed by atoms with Crippen LogP contribution in [-0.2, 0) is 23.3 Å². The van der Waals surface area contributed by atoms with E-state index in [-0.39, 0.29) is 38.3 Å². The topological polar surface area (TPSA) is 113 Å². The molecule has 2 rings (SSSR count). The molecule has 0 aliphatic carbocycles. The van der Waals surface area contributed by atoms with E-state index in [1.54, 1.807) is 19.2 Å². The predicted octanol–water partition coefficient (Wildman–Crippen LogP) is 4.51. The SMILES string of the molecule is COCCOCCOCC(COc1ccc2ccc(=O)oc2c1)OP(OCCC#N)N(C(C)C)C(C)C. The lowest BCUT2D eigenvalue weighted by molar-refractivity contribution is -0.0137. The van der Waals surface area contributed by atoms with Crippen molar-refractivity contribution in [3.05, 3.63) is 40.8 Å². The zero-order valence-corrected chi connectivity index (χ0v) is 23.3. The fraction of sp³-hybridized carbons (Fsp3) is 0.615. The third kappa shape index (κ3) is 11.5. The van der Waals surface area contributed by atoms with Crippen molar-refractivity contribution >= 4 is 19.5 Å². The van der Waals surface area contributed by atoms with Crippen molar-refractivity contribution in [3.8, 4) is 11.8 Å². The molecule has 0 N–H and O–H groups in total. The monoisotopic (exact) mass is 538 g/mol. The number of ether oxygens (including phenoxy) is 4. The molecule has 37 heavy (non-hydrogen) atoms. The number of nitriles is 1. The molecule has 1 aromatic heterocycles. The molecule has 2 aromatic rings. The summed E-state index contributed by atoms with van der Waals surface area (Å²) in [5.41, 5.74) is 0.0226. The van der Waals surface area contributed by atoms with Crippen molar-refractivity contribution < 1.29 is 32.4 Å². The van der Waals surface area contributed by atoms with Crippen molar-refractivity contribution in [2.24, 2.45) is 0 Å². The van der Waals surface area contributed by atoms with E-state index in [0.717, 1.165) is 5.39 Å². The Bertz CT molecular complexity index is 1000. The van der Waals surface area contributed by atoms with E-state index < -0.39 is 20.3 Å². The molecule has 0 amide bonds. The fourth-order valence-electron chi connectivity index (χ4n) is 3.43. The minimum atomic E-state index is -1.48. The smallest absolute Gasteiger partial charge is 0.336 e. The molecule has 0 saturated carbocycles.